The lowest BCUT2D eigenvalue weighted by molar-refractivity contribution is -0.222. The Morgan fingerprint density at radius 1 is 1.06 bits per heavy atom. The van der Waals surface area contributed by atoms with Crippen LogP contribution in [0.2, 0.25) is 0 Å². The highest BCUT2D eigenvalue weighted by atomic mass is 16.8. The normalized spacial score (nSPS) is 14.4. The molecule has 0 spiro atoms. The Bertz CT molecular complexity index is 194. The van der Waals surface area contributed by atoms with Gasteiger partial charge in [0.2, 0.25) is 6.29 Å². The van der Waals surface area contributed by atoms with E-state index in [0.29, 0.717) is 6.42 Å². The molecule has 0 N–H and O–H groups in total. The number of esters is 1. The van der Waals surface area contributed by atoms with Gasteiger partial charge < -0.3 is 14.2 Å². The van der Waals surface area contributed by atoms with Crippen LogP contribution in [0.4, 0.5) is 0 Å². The van der Waals surface area contributed by atoms with Gasteiger partial charge in [-0.3, -0.25) is 4.79 Å². The summed E-state index contributed by atoms with van der Waals surface area (Å²) in [7, 11) is 1.55. The molecular weight excluding hydrogens is 220 g/mol. The number of ether oxygens (including phenoxy) is 3. The van der Waals surface area contributed by atoms with Crippen LogP contribution in [0.15, 0.2) is 0 Å². The fourth-order valence-electron chi connectivity index (χ4n) is 1.47. The fraction of sp³-hybridized carbons (Fsp3) is 0.923. The molecular formula is C13H26O4. The highest BCUT2D eigenvalue weighted by Crippen LogP contribution is 2.07. The van der Waals surface area contributed by atoms with E-state index in [0.717, 1.165) is 12.8 Å². The minimum Gasteiger partial charge on any atom is -0.436 e. The molecule has 0 amide bonds. The third kappa shape index (κ3) is 10.3. The second kappa shape index (κ2) is 10.5. The molecule has 0 rings (SSSR count). The van der Waals surface area contributed by atoms with Gasteiger partial charge in [-0.2, -0.15) is 0 Å². The molecule has 0 bridgehead atoms. The molecule has 0 radical (unpaired) electrons. The summed E-state index contributed by atoms with van der Waals surface area (Å²) in [5.74, 6) is -0.197. The Morgan fingerprint density at radius 3 is 2.29 bits per heavy atom. The molecule has 0 aliphatic carbocycles. The number of rotatable bonds is 10. The van der Waals surface area contributed by atoms with Gasteiger partial charge in [0.15, 0.2) is 6.29 Å². The number of methoxy groups -OCH3 is 1. The van der Waals surface area contributed by atoms with Gasteiger partial charge in [0.05, 0.1) is 0 Å². The second-order valence-corrected chi connectivity index (χ2v) is 4.16. The number of hydrogen-bond acceptors (Lipinski definition) is 4. The quantitative estimate of drug-likeness (QED) is 0.337. The van der Waals surface area contributed by atoms with Crippen molar-refractivity contribution < 1.29 is 19.0 Å². The zero-order valence-electron chi connectivity index (χ0n) is 11.5. The number of carbonyl (C=O) groups is 1. The Morgan fingerprint density at radius 2 is 1.71 bits per heavy atom. The van der Waals surface area contributed by atoms with Gasteiger partial charge in [-0.15, -0.1) is 0 Å². The molecule has 4 nitrogen and oxygen atoms in total. The second-order valence-electron chi connectivity index (χ2n) is 4.16. The van der Waals surface area contributed by atoms with Crippen LogP contribution in [0.25, 0.3) is 0 Å². The molecule has 0 fully saturated rings. The Hall–Kier alpha value is -0.610. The average molecular weight is 246 g/mol. The van der Waals surface area contributed by atoms with Gasteiger partial charge in [-0.1, -0.05) is 32.6 Å². The third-order valence-corrected chi connectivity index (χ3v) is 2.50. The first-order chi connectivity index (χ1) is 8.10. The van der Waals surface area contributed by atoms with Crippen LogP contribution < -0.4 is 0 Å². The van der Waals surface area contributed by atoms with E-state index in [1.807, 2.05) is 0 Å². The zero-order chi connectivity index (χ0) is 13.1. The molecule has 0 heterocycles. The minimum absolute atomic E-state index is 0.197. The predicted molar refractivity (Wildman–Crippen MR) is 66.5 cm³/mol. The van der Waals surface area contributed by atoms with Crippen LogP contribution in [-0.4, -0.2) is 25.7 Å². The van der Waals surface area contributed by atoms with Crippen molar-refractivity contribution >= 4 is 5.97 Å². The molecule has 4 heteroatoms. The number of hydrogen-bond donors (Lipinski definition) is 0. The summed E-state index contributed by atoms with van der Waals surface area (Å²) < 4.78 is 15.3. The summed E-state index contributed by atoms with van der Waals surface area (Å²) in [5.41, 5.74) is 0. The van der Waals surface area contributed by atoms with E-state index in [9.17, 15) is 4.79 Å². The van der Waals surface area contributed by atoms with E-state index >= 15 is 0 Å². The molecule has 17 heavy (non-hydrogen) atoms. The maximum Gasteiger partial charge on any atom is 0.308 e. The summed E-state index contributed by atoms with van der Waals surface area (Å²) in [6.07, 6.45) is 5.19. The first-order valence-corrected chi connectivity index (χ1v) is 6.47. The topological polar surface area (TPSA) is 44.8 Å². The van der Waals surface area contributed by atoms with Crippen LogP contribution in [0.1, 0.15) is 59.3 Å². The van der Waals surface area contributed by atoms with Gasteiger partial charge in [0.25, 0.3) is 0 Å². The Kier molecular flexibility index (Phi) is 10.2. The summed E-state index contributed by atoms with van der Waals surface area (Å²) in [5, 5.41) is 0. The van der Waals surface area contributed by atoms with E-state index < -0.39 is 6.29 Å². The average Bonchev–Trinajstić information content (AvgIpc) is 2.28. The molecule has 2 atom stereocenters. The van der Waals surface area contributed by atoms with E-state index in [2.05, 4.69) is 6.92 Å². The summed E-state index contributed by atoms with van der Waals surface area (Å²) in [6, 6.07) is 0. The fourth-order valence-corrected chi connectivity index (χ4v) is 1.47. The van der Waals surface area contributed by atoms with Crippen molar-refractivity contribution in [1.29, 1.82) is 0 Å². The van der Waals surface area contributed by atoms with Crippen LogP contribution >= 0.6 is 0 Å². The SMILES string of the molecule is CCCCCCCC(=O)OC(C)OC(C)OC. The standard InChI is InChI=1S/C13H26O4/c1-5-6-7-8-9-10-13(14)17-12(3)16-11(2)15-4/h11-12H,5-10H2,1-4H3. The molecule has 0 saturated carbocycles. The summed E-state index contributed by atoms with van der Waals surface area (Å²) >= 11 is 0. The smallest absolute Gasteiger partial charge is 0.308 e. The van der Waals surface area contributed by atoms with Crippen molar-refractivity contribution in [3.8, 4) is 0 Å². The van der Waals surface area contributed by atoms with Crippen molar-refractivity contribution in [2.75, 3.05) is 7.11 Å². The van der Waals surface area contributed by atoms with Crippen molar-refractivity contribution in [2.24, 2.45) is 0 Å². The van der Waals surface area contributed by atoms with E-state index in [-0.39, 0.29) is 12.3 Å². The molecule has 0 aromatic rings. The van der Waals surface area contributed by atoms with Crippen LogP contribution in [0.5, 0.6) is 0 Å². The van der Waals surface area contributed by atoms with Gasteiger partial charge in [-0.05, 0) is 20.3 Å². The molecule has 0 aliphatic heterocycles. The Balaban J connectivity index is 3.50. The first-order valence-electron chi connectivity index (χ1n) is 6.47. The van der Waals surface area contributed by atoms with E-state index in [1.54, 1.807) is 21.0 Å². The minimum atomic E-state index is -0.548. The van der Waals surface area contributed by atoms with Crippen LogP contribution in [-0.2, 0) is 19.0 Å². The molecule has 0 aromatic carbocycles. The predicted octanol–water partition coefficient (Wildman–Crippen LogP) is 3.25. The molecule has 102 valence electrons. The monoisotopic (exact) mass is 246 g/mol. The summed E-state index contributed by atoms with van der Waals surface area (Å²) in [6.45, 7) is 5.63. The van der Waals surface area contributed by atoms with E-state index in [1.165, 1.54) is 19.3 Å². The highest BCUT2D eigenvalue weighted by Gasteiger charge is 2.12. The van der Waals surface area contributed by atoms with Gasteiger partial charge in [0, 0.05) is 13.5 Å². The number of carbonyl (C=O) groups excluding carboxylic acids is 1. The lowest BCUT2D eigenvalue weighted by Crippen LogP contribution is -2.23. The third-order valence-electron chi connectivity index (χ3n) is 2.50. The van der Waals surface area contributed by atoms with Crippen LogP contribution in [0, 0.1) is 0 Å². The maximum atomic E-state index is 11.4. The van der Waals surface area contributed by atoms with Gasteiger partial charge in [-0.25, -0.2) is 0 Å². The van der Waals surface area contributed by atoms with Crippen molar-refractivity contribution in [3.63, 3.8) is 0 Å². The lowest BCUT2D eigenvalue weighted by Gasteiger charge is -2.18. The first kappa shape index (κ1) is 16.4. The molecule has 0 aromatic heterocycles. The zero-order valence-corrected chi connectivity index (χ0v) is 11.5. The lowest BCUT2D eigenvalue weighted by atomic mass is 10.1. The summed E-state index contributed by atoms with van der Waals surface area (Å²) in [4.78, 5) is 11.4. The van der Waals surface area contributed by atoms with Crippen molar-refractivity contribution in [2.45, 2.75) is 71.9 Å². The largest absolute Gasteiger partial charge is 0.436 e. The van der Waals surface area contributed by atoms with Gasteiger partial charge in [0.1, 0.15) is 0 Å². The van der Waals surface area contributed by atoms with E-state index in [4.69, 9.17) is 14.2 Å². The molecule has 0 aliphatic rings. The van der Waals surface area contributed by atoms with Crippen molar-refractivity contribution in [3.05, 3.63) is 0 Å². The van der Waals surface area contributed by atoms with Gasteiger partial charge >= 0.3 is 5.97 Å². The highest BCUT2D eigenvalue weighted by molar-refractivity contribution is 5.69. The maximum absolute atomic E-state index is 11.4. The van der Waals surface area contributed by atoms with Crippen molar-refractivity contribution in [1.82, 2.24) is 0 Å². The van der Waals surface area contributed by atoms with Crippen LogP contribution in [0.3, 0.4) is 0 Å². The molecule has 0 saturated heterocycles. The Labute approximate surface area is 105 Å². The molecule has 2 unspecified atom stereocenters. The number of unbranched alkanes of at least 4 members (excludes halogenated alkanes) is 4.